The van der Waals surface area contributed by atoms with Crippen molar-refractivity contribution in [3.63, 3.8) is 0 Å². The van der Waals surface area contributed by atoms with Gasteiger partial charge in [0, 0.05) is 18.2 Å². The third kappa shape index (κ3) is 6.64. The first-order valence-corrected chi connectivity index (χ1v) is 11.8. The van der Waals surface area contributed by atoms with E-state index in [4.69, 9.17) is 4.42 Å². The Morgan fingerprint density at radius 2 is 1.56 bits per heavy atom. The number of hydrogen-bond donors (Lipinski definition) is 2. The second kappa shape index (κ2) is 11.9. The summed E-state index contributed by atoms with van der Waals surface area (Å²) in [4.78, 5) is 27.7. The minimum absolute atomic E-state index is 0.0484. The van der Waals surface area contributed by atoms with Gasteiger partial charge in [0.25, 0.3) is 5.91 Å². The summed E-state index contributed by atoms with van der Waals surface area (Å²) in [5.74, 6) is 0.370. The molecule has 1 aromatic heterocycles. The van der Waals surface area contributed by atoms with E-state index in [2.05, 4.69) is 20.8 Å². The van der Waals surface area contributed by atoms with E-state index in [1.165, 1.54) is 0 Å². The monoisotopic (exact) mass is 483 g/mol. The molecule has 4 aromatic rings. The zero-order valence-electron chi connectivity index (χ0n) is 20.3. The molecule has 4 rings (SSSR count). The van der Waals surface area contributed by atoms with Gasteiger partial charge in [0.1, 0.15) is 0 Å². The van der Waals surface area contributed by atoms with E-state index in [1.807, 2.05) is 79.4 Å². The van der Waals surface area contributed by atoms with Gasteiger partial charge in [-0.05, 0) is 43.7 Å². The van der Waals surface area contributed by atoms with Crippen molar-refractivity contribution in [2.45, 2.75) is 33.0 Å². The van der Waals surface area contributed by atoms with Gasteiger partial charge in [0.05, 0.1) is 24.3 Å². The van der Waals surface area contributed by atoms with Gasteiger partial charge in [-0.25, -0.2) is 0 Å². The number of carbonyl (C=O) groups excluding carboxylic acids is 2. The number of benzene rings is 3. The predicted molar refractivity (Wildman–Crippen MR) is 138 cm³/mol. The quantitative estimate of drug-likeness (QED) is 0.344. The summed E-state index contributed by atoms with van der Waals surface area (Å²) in [5.41, 5.74) is 2.70. The maximum absolute atomic E-state index is 12.9. The molecule has 0 atom stereocenters. The Morgan fingerprint density at radius 3 is 2.28 bits per heavy atom. The summed E-state index contributed by atoms with van der Waals surface area (Å²) in [6, 6.07) is 26.2. The number of hydrogen-bond acceptors (Lipinski definition) is 6. The molecule has 0 spiro atoms. The molecular formula is C28H29N5O3. The fourth-order valence-corrected chi connectivity index (χ4v) is 3.65. The van der Waals surface area contributed by atoms with Gasteiger partial charge in [-0.2, -0.15) is 0 Å². The molecule has 3 aromatic carbocycles. The molecule has 184 valence electrons. The normalized spacial score (nSPS) is 11.0. The molecule has 0 unspecified atom stereocenters. The predicted octanol–water partition coefficient (Wildman–Crippen LogP) is 4.52. The summed E-state index contributed by atoms with van der Waals surface area (Å²) < 4.78 is 5.82. The number of anilines is 1. The lowest BCUT2D eigenvalue weighted by Gasteiger charge is -2.24. The van der Waals surface area contributed by atoms with E-state index in [0.29, 0.717) is 36.1 Å². The first kappa shape index (κ1) is 24.8. The molecule has 0 saturated heterocycles. The topological polar surface area (TPSA) is 100 Å². The summed E-state index contributed by atoms with van der Waals surface area (Å²) >= 11 is 0. The minimum atomic E-state index is -0.255. The van der Waals surface area contributed by atoms with Gasteiger partial charge in [-0.15, -0.1) is 10.2 Å². The Balaban J connectivity index is 1.38. The maximum Gasteiger partial charge on any atom is 0.253 e. The molecule has 0 fully saturated rings. The molecule has 8 heteroatoms. The number of nitrogens with one attached hydrogen (secondary N) is 2. The molecular weight excluding hydrogens is 454 g/mol. The van der Waals surface area contributed by atoms with E-state index in [-0.39, 0.29) is 24.4 Å². The van der Waals surface area contributed by atoms with Crippen molar-refractivity contribution < 1.29 is 14.0 Å². The average molecular weight is 484 g/mol. The van der Waals surface area contributed by atoms with Crippen LogP contribution in [0.2, 0.25) is 0 Å². The molecule has 0 aliphatic heterocycles. The van der Waals surface area contributed by atoms with Crippen LogP contribution in [-0.2, 0) is 17.9 Å². The van der Waals surface area contributed by atoms with Gasteiger partial charge >= 0.3 is 0 Å². The lowest BCUT2D eigenvalue weighted by Crippen LogP contribution is -2.38. The highest BCUT2D eigenvalue weighted by Gasteiger charge is 2.20. The van der Waals surface area contributed by atoms with Crippen molar-refractivity contribution in [3.8, 4) is 11.5 Å². The van der Waals surface area contributed by atoms with Crippen LogP contribution in [0.3, 0.4) is 0 Å². The zero-order chi connectivity index (χ0) is 25.3. The molecule has 0 aliphatic carbocycles. The van der Waals surface area contributed by atoms with Crippen molar-refractivity contribution in [2.24, 2.45) is 0 Å². The molecule has 1 heterocycles. The number of amides is 2. The van der Waals surface area contributed by atoms with E-state index in [9.17, 15) is 9.59 Å². The molecule has 0 bridgehead atoms. The number of carbonyl (C=O) groups is 2. The zero-order valence-corrected chi connectivity index (χ0v) is 20.3. The Morgan fingerprint density at radius 1 is 0.889 bits per heavy atom. The van der Waals surface area contributed by atoms with Gasteiger partial charge in [0.2, 0.25) is 17.7 Å². The van der Waals surface area contributed by atoms with Crippen molar-refractivity contribution >= 4 is 17.5 Å². The second-order valence-corrected chi connectivity index (χ2v) is 8.63. The van der Waals surface area contributed by atoms with E-state index in [1.54, 1.807) is 24.3 Å². The van der Waals surface area contributed by atoms with Gasteiger partial charge in [-0.3, -0.25) is 14.5 Å². The smallest absolute Gasteiger partial charge is 0.253 e. The van der Waals surface area contributed by atoms with Crippen molar-refractivity contribution in [1.29, 1.82) is 0 Å². The van der Waals surface area contributed by atoms with E-state index >= 15 is 0 Å². The molecule has 8 nitrogen and oxygen atoms in total. The highest BCUT2D eigenvalue weighted by Crippen LogP contribution is 2.19. The van der Waals surface area contributed by atoms with Crippen molar-refractivity contribution in [3.05, 3.63) is 102 Å². The summed E-state index contributed by atoms with van der Waals surface area (Å²) in [5, 5.41) is 14.1. The molecule has 36 heavy (non-hydrogen) atoms. The van der Waals surface area contributed by atoms with Crippen molar-refractivity contribution in [2.75, 3.05) is 11.9 Å². The fourth-order valence-electron chi connectivity index (χ4n) is 3.65. The van der Waals surface area contributed by atoms with Crippen LogP contribution >= 0.6 is 0 Å². The van der Waals surface area contributed by atoms with Crippen LogP contribution in [-0.4, -0.2) is 39.5 Å². The van der Waals surface area contributed by atoms with Crippen LogP contribution in [0.25, 0.3) is 11.5 Å². The average Bonchev–Trinajstić information content (AvgIpc) is 3.37. The Kier molecular flexibility index (Phi) is 8.20. The lowest BCUT2D eigenvalue weighted by atomic mass is 10.1. The summed E-state index contributed by atoms with van der Waals surface area (Å²) in [6.45, 7) is 4.81. The summed E-state index contributed by atoms with van der Waals surface area (Å²) in [7, 11) is 0. The minimum Gasteiger partial charge on any atom is -0.419 e. The number of aromatic nitrogens is 2. The van der Waals surface area contributed by atoms with Crippen molar-refractivity contribution in [1.82, 2.24) is 20.4 Å². The van der Waals surface area contributed by atoms with Gasteiger partial charge < -0.3 is 15.1 Å². The van der Waals surface area contributed by atoms with E-state index < -0.39 is 0 Å². The van der Waals surface area contributed by atoms with E-state index in [0.717, 1.165) is 11.1 Å². The second-order valence-electron chi connectivity index (χ2n) is 8.63. The maximum atomic E-state index is 12.9. The standard InChI is InChI=1S/C28H29N5O3/c1-20(2)33(19-26-31-32-28(36-26)22-13-7-4-8-14-22)18-25(34)30-24-16-10-9-15-23(24)27(35)29-17-21-11-5-3-6-12-21/h3-16,20H,17-19H2,1-2H3,(H,29,35)(H,30,34). The molecule has 0 saturated carbocycles. The number of para-hydroxylation sites is 1. The molecule has 2 N–H and O–H groups in total. The Labute approximate surface area is 210 Å². The van der Waals surface area contributed by atoms with Crippen LogP contribution in [0.15, 0.2) is 89.3 Å². The Hall–Kier alpha value is -4.30. The van der Waals surface area contributed by atoms with Crippen LogP contribution in [0.4, 0.5) is 5.69 Å². The highest BCUT2D eigenvalue weighted by atomic mass is 16.4. The third-order valence-corrected chi connectivity index (χ3v) is 5.64. The third-order valence-electron chi connectivity index (χ3n) is 5.64. The number of nitrogens with zero attached hydrogens (tertiary/aromatic N) is 3. The van der Waals surface area contributed by atoms with Gasteiger partial charge in [0.15, 0.2) is 0 Å². The SMILES string of the molecule is CC(C)N(CC(=O)Nc1ccccc1C(=O)NCc1ccccc1)Cc1nnc(-c2ccccc2)o1. The molecule has 2 amide bonds. The van der Waals surface area contributed by atoms with Gasteiger partial charge in [-0.1, -0.05) is 60.7 Å². The fraction of sp³-hybridized carbons (Fsp3) is 0.214. The molecule has 0 radical (unpaired) electrons. The van der Waals surface area contributed by atoms with Crippen LogP contribution in [0, 0.1) is 0 Å². The highest BCUT2D eigenvalue weighted by molar-refractivity contribution is 6.04. The Bertz CT molecular complexity index is 1290. The van der Waals surface area contributed by atoms with Crippen LogP contribution < -0.4 is 10.6 Å². The lowest BCUT2D eigenvalue weighted by molar-refractivity contribution is -0.117. The first-order valence-electron chi connectivity index (χ1n) is 11.8. The largest absolute Gasteiger partial charge is 0.419 e. The number of rotatable bonds is 10. The summed E-state index contributed by atoms with van der Waals surface area (Å²) in [6.07, 6.45) is 0. The van der Waals surface area contributed by atoms with Crippen LogP contribution in [0.5, 0.6) is 0 Å². The molecule has 0 aliphatic rings. The first-order chi connectivity index (χ1) is 17.5. The van der Waals surface area contributed by atoms with Crippen LogP contribution in [0.1, 0.15) is 35.7 Å².